The number of hydrogen-bond donors (Lipinski definition) is 1. The normalized spacial score (nSPS) is 19.8. The zero-order chi connectivity index (χ0) is 14.6. The van der Waals surface area contributed by atoms with Crippen LogP contribution in [-0.4, -0.2) is 12.6 Å². The molecule has 1 N–H and O–H groups in total. The van der Waals surface area contributed by atoms with Gasteiger partial charge in [-0.1, -0.05) is 56.3 Å². The fourth-order valence-electron chi connectivity index (χ4n) is 3.44. The van der Waals surface area contributed by atoms with Gasteiger partial charge in [-0.05, 0) is 55.0 Å². The summed E-state index contributed by atoms with van der Waals surface area (Å²) in [6, 6.07) is 6.26. The molecular formula is C17H25Cl2N. The third-order valence-corrected chi connectivity index (χ3v) is 5.32. The lowest BCUT2D eigenvalue weighted by atomic mass is 9.69. The van der Waals surface area contributed by atoms with E-state index in [1.54, 1.807) is 0 Å². The van der Waals surface area contributed by atoms with E-state index in [1.165, 1.54) is 32.1 Å². The Morgan fingerprint density at radius 1 is 1.20 bits per heavy atom. The molecule has 0 spiro atoms. The second kappa shape index (κ2) is 7.15. The third kappa shape index (κ3) is 3.90. The van der Waals surface area contributed by atoms with E-state index in [0.717, 1.165) is 28.6 Å². The van der Waals surface area contributed by atoms with Gasteiger partial charge < -0.3 is 5.32 Å². The van der Waals surface area contributed by atoms with Crippen LogP contribution in [0, 0.1) is 5.41 Å². The summed E-state index contributed by atoms with van der Waals surface area (Å²) in [4.78, 5) is 0. The van der Waals surface area contributed by atoms with Gasteiger partial charge in [-0.25, -0.2) is 0 Å². The van der Waals surface area contributed by atoms with E-state index in [1.807, 2.05) is 18.2 Å². The van der Waals surface area contributed by atoms with Crippen LogP contribution < -0.4 is 5.32 Å². The summed E-state index contributed by atoms with van der Waals surface area (Å²) >= 11 is 12.5. The topological polar surface area (TPSA) is 12.0 Å². The fraction of sp³-hybridized carbons (Fsp3) is 0.647. The Kier molecular flexibility index (Phi) is 5.77. The minimum Gasteiger partial charge on any atom is -0.313 e. The maximum absolute atomic E-state index is 6.34. The second-order valence-electron chi connectivity index (χ2n) is 6.26. The fourth-order valence-corrected chi connectivity index (χ4v) is 3.83. The summed E-state index contributed by atoms with van der Waals surface area (Å²) in [7, 11) is 0. The Morgan fingerprint density at radius 2 is 1.90 bits per heavy atom. The minimum absolute atomic E-state index is 0.375. The number of rotatable bonds is 5. The lowest BCUT2D eigenvalue weighted by molar-refractivity contribution is 0.145. The summed E-state index contributed by atoms with van der Waals surface area (Å²) in [6.45, 7) is 5.61. The molecule has 0 amide bonds. The summed E-state index contributed by atoms with van der Waals surface area (Å²) < 4.78 is 0. The summed E-state index contributed by atoms with van der Waals surface area (Å²) in [5, 5.41) is 5.29. The van der Waals surface area contributed by atoms with E-state index < -0.39 is 0 Å². The quantitative estimate of drug-likeness (QED) is 0.758. The Balaban J connectivity index is 2.18. The average Bonchev–Trinajstić information content (AvgIpc) is 2.43. The van der Waals surface area contributed by atoms with Crippen LogP contribution >= 0.6 is 23.2 Å². The van der Waals surface area contributed by atoms with Gasteiger partial charge in [0, 0.05) is 16.1 Å². The standard InChI is InChI=1S/C17H25Cl2N/c1-3-20-16(17(2)9-5-4-6-10-17)12-13-11-14(18)7-8-15(13)19/h7-8,11,16,20H,3-6,9-10,12H2,1-2H3. The SMILES string of the molecule is CCNC(Cc1cc(Cl)ccc1Cl)C1(C)CCCCC1. The predicted molar refractivity (Wildman–Crippen MR) is 88.8 cm³/mol. The molecule has 1 fully saturated rings. The molecular weight excluding hydrogens is 289 g/mol. The molecule has 0 heterocycles. The van der Waals surface area contributed by atoms with Crippen molar-refractivity contribution in [2.24, 2.45) is 5.41 Å². The van der Waals surface area contributed by atoms with Crippen molar-refractivity contribution in [2.45, 2.75) is 58.4 Å². The number of likely N-dealkylation sites (N-methyl/N-ethyl adjacent to an activating group) is 1. The van der Waals surface area contributed by atoms with Crippen LogP contribution in [0.3, 0.4) is 0 Å². The van der Waals surface area contributed by atoms with Crippen LogP contribution in [0.2, 0.25) is 10.0 Å². The smallest absolute Gasteiger partial charge is 0.0439 e. The highest BCUT2D eigenvalue weighted by Gasteiger charge is 2.35. The van der Waals surface area contributed by atoms with Gasteiger partial charge in [0.25, 0.3) is 0 Å². The Labute approximate surface area is 133 Å². The molecule has 1 atom stereocenters. The monoisotopic (exact) mass is 313 g/mol. The van der Waals surface area contributed by atoms with Crippen LogP contribution in [0.4, 0.5) is 0 Å². The van der Waals surface area contributed by atoms with Gasteiger partial charge in [0.05, 0.1) is 0 Å². The van der Waals surface area contributed by atoms with Crippen molar-refractivity contribution in [3.63, 3.8) is 0 Å². The number of benzene rings is 1. The molecule has 1 nitrogen and oxygen atoms in total. The number of hydrogen-bond acceptors (Lipinski definition) is 1. The molecule has 0 saturated heterocycles. The first-order valence-corrected chi connectivity index (χ1v) is 8.48. The summed E-state index contributed by atoms with van der Waals surface area (Å²) in [5.41, 5.74) is 1.54. The number of nitrogens with one attached hydrogen (secondary N) is 1. The lowest BCUT2D eigenvalue weighted by Gasteiger charge is -2.41. The predicted octanol–water partition coefficient (Wildman–Crippen LogP) is 5.48. The number of halogens is 2. The van der Waals surface area contributed by atoms with E-state index in [-0.39, 0.29) is 0 Å². The van der Waals surface area contributed by atoms with Gasteiger partial charge in [0.2, 0.25) is 0 Å². The Bertz CT molecular complexity index is 439. The van der Waals surface area contributed by atoms with Crippen molar-refractivity contribution in [3.8, 4) is 0 Å². The van der Waals surface area contributed by atoms with Crippen LogP contribution in [0.5, 0.6) is 0 Å². The molecule has 0 aliphatic heterocycles. The van der Waals surface area contributed by atoms with Crippen LogP contribution in [0.15, 0.2) is 18.2 Å². The van der Waals surface area contributed by atoms with E-state index in [0.29, 0.717) is 11.5 Å². The molecule has 0 aromatic heterocycles. The second-order valence-corrected chi connectivity index (χ2v) is 7.11. The summed E-state index contributed by atoms with van der Waals surface area (Å²) in [6.07, 6.45) is 7.66. The molecule has 1 unspecified atom stereocenters. The first-order chi connectivity index (χ1) is 9.55. The molecule has 1 aliphatic carbocycles. The van der Waals surface area contributed by atoms with Gasteiger partial charge in [-0.15, -0.1) is 0 Å². The molecule has 1 aliphatic rings. The van der Waals surface area contributed by atoms with E-state index >= 15 is 0 Å². The van der Waals surface area contributed by atoms with Gasteiger partial charge in [0.15, 0.2) is 0 Å². The third-order valence-electron chi connectivity index (χ3n) is 4.72. The lowest BCUT2D eigenvalue weighted by Crippen LogP contribution is -2.46. The van der Waals surface area contributed by atoms with Crippen molar-refractivity contribution < 1.29 is 0 Å². The van der Waals surface area contributed by atoms with E-state index in [4.69, 9.17) is 23.2 Å². The average molecular weight is 314 g/mol. The Hall–Kier alpha value is -0.240. The molecule has 0 bridgehead atoms. The van der Waals surface area contributed by atoms with Crippen molar-refractivity contribution >= 4 is 23.2 Å². The van der Waals surface area contributed by atoms with E-state index in [2.05, 4.69) is 19.2 Å². The van der Waals surface area contributed by atoms with Crippen LogP contribution in [-0.2, 0) is 6.42 Å². The molecule has 0 radical (unpaired) electrons. The molecule has 112 valence electrons. The van der Waals surface area contributed by atoms with Crippen LogP contribution in [0.25, 0.3) is 0 Å². The highest BCUT2D eigenvalue weighted by atomic mass is 35.5. The molecule has 1 aromatic carbocycles. The first kappa shape index (κ1) is 16.1. The molecule has 3 heteroatoms. The highest BCUT2D eigenvalue weighted by molar-refractivity contribution is 6.33. The van der Waals surface area contributed by atoms with Gasteiger partial charge >= 0.3 is 0 Å². The van der Waals surface area contributed by atoms with E-state index in [9.17, 15) is 0 Å². The van der Waals surface area contributed by atoms with Gasteiger partial charge in [-0.3, -0.25) is 0 Å². The molecule has 1 saturated carbocycles. The van der Waals surface area contributed by atoms with Gasteiger partial charge in [0.1, 0.15) is 0 Å². The molecule has 1 aromatic rings. The zero-order valence-corrected chi connectivity index (χ0v) is 14.0. The maximum Gasteiger partial charge on any atom is 0.0439 e. The van der Waals surface area contributed by atoms with Crippen molar-refractivity contribution in [1.82, 2.24) is 5.32 Å². The Morgan fingerprint density at radius 3 is 2.55 bits per heavy atom. The summed E-state index contributed by atoms with van der Waals surface area (Å²) in [5.74, 6) is 0. The molecule has 2 rings (SSSR count). The maximum atomic E-state index is 6.34. The molecule has 20 heavy (non-hydrogen) atoms. The highest BCUT2D eigenvalue weighted by Crippen LogP contribution is 2.40. The zero-order valence-electron chi connectivity index (χ0n) is 12.5. The first-order valence-electron chi connectivity index (χ1n) is 7.72. The van der Waals surface area contributed by atoms with Crippen molar-refractivity contribution in [2.75, 3.05) is 6.54 Å². The van der Waals surface area contributed by atoms with Gasteiger partial charge in [-0.2, -0.15) is 0 Å². The van der Waals surface area contributed by atoms with Crippen molar-refractivity contribution in [1.29, 1.82) is 0 Å². The minimum atomic E-state index is 0.375. The van der Waals surface area contributed by atoms with Crippen molar-refractivity contribution in [3.05, 3.63) is 33.8 Å². The largest absolute Gasteiger partial charge is 0.313 e. The van der Waals surface area contributed by atoms with Crippen LogP contribution in [0.1, 0.15) is 51.5 Å².